The zero-order valence-corrected chi connectivity index (χ0v) is 8.74. The van der Waals surface area contributed by atoms with Crippen molar-refractivity contribution < 1.29 is 9.84 Å². The van der Waals surface area contributed by atoms with Crippen LogP contribution < -0.4 is 0 Å². The second kappa shape index (κ2) is 2.60. The van der Waals surface area contributed by atoms with Crippen molar-refractivity contribution in [3.8, 4) is 0 Å². The van der Waals surface area contributed by atoms with Crippen molar-refractivity contribution in [2.75, 3.05) is 0 Å². The minimum atomic E-state index is -0.481. The number of hydrogen-bond donors (Lipinski definition) is 1. The van der Waals surface area contributed by atoms with Gasteiger partial charge in [-0.2, -0.15) is 0 Å². The van der Waals surface area contributed by atoms with Gasteiger partial charge < -0.3 is 9.84 Å². The highest BCUT2D eigenvalue weighted by atomic mass is 127. The number of fused-ring (bicyclic) bond motifs is 1. The van der Waals surface area contributed by atoms with Crippen LogP contribution in [-0.4, -0.2) is 34.6 Å². The third kappa shape index (κ3) is 1.23. The van der Waals surface area contributed by atoms with Crippen molar-refractivity contribution in [1.29, 1.82) is 0 Å². The van der Waals surface area contributed by atoms with Gasteiger partial charge in [0.25, 0.3) is 0 Å². The van der Waals surface area contributed by atoms with Gasteiger partial charge >= 0.3 is 0 Å². The third-order valence-electron chi connectivity index (χ3n) is 2.73. The van der Waals surface area contributed by atoms with Crippen LogP contribution in [0.5, 0.6) is 0 Å². The second-order valence-corrected chi connectivity index (χ2v) is 5.33. The van der Waals surface area contributed by atoms with Gasteiger partial charge in [-0.05, 0) is 19.3 Å². The Labute approximate surface area is 81.2 Å². The molecule has 0 amide bonds. The monoisotopic (exact) mass is 266 g/mol. The molecule has 62 valence electrons. The normalized spacial score (nSPS) is 56.4. The Morgan fingerprint density at radius 2 is 2.36 bits per heavy atom. The molecule has 1 saturated heterocycles. The lowest BCUT2D eigenvalue weighted by Crippen LogP contribution is -2.35. The van der Waals surface area contributed by atoms with Crippen LogP contribution in [0.2, 0.25) is 0 Å². The molecular weight excluding hydrogens is 254 g/mol. The molecule has 2 aliphatic rings. The number of ether oxygens (including phenoxy) is 1. The summed E-state index contributed by atoms with van der Waals surface area (Å²) in [6.07, 6.45) is 2.97. The van der Waals surface area contributed by atoms with E-state index in [2.05, 4.69) is 22.6 Å². The summed E-state index contributed by atoms with van der Waals surface area (Å²) in [5, 5.41) is 10.0. The maximum absolute atomic E-state index is 10.0. The Hall–Kier alpha value is 0.715. The highest BCUT2D eigenvalue weighted by molar-refractivity contribution is 14.1. The lowest BCUT2D eigenvalue weighted by atomic mass is 9.88. The van der Waals surface area contributed by atoms with E-state index in [0.717, 1.165) is 19.3 Å². The summed E-state index contributed by atoms with van der Waals surface area (Å²) in [5.74, 6) is 0. The minimum Gasteiger partial charge on any atom is -0.387 e. The van der Waals surface area contributed by atoms with Crippen molar-refractivity contribution >= 4 is 30.4 Å². The predicted octanol–water partition coefficient (Wildman–Crippen LogP) is 0.0630. The van der Waals surface area contributed by atoms with Crippen LogP contribution in [0.25, 0.3) is 0 Å². The average Bonchev–Trinajstić information content (AvgIpc) is 2.32. The molecule has 0 aromatic heterocycles. The summed E-state index contributed by atoms with van der Waals surface area (Å²) in [7, 11) is 2.04. The number of alkyl halides is 1. The van der Waals surface area contributed by atoms with Crippen LogP contribution in [-0.2, 0) is 4.74 Å². The van der Waals surface area contributed by atoms with E-state index < -0.39 is 5.60 Å². The zero-order chi connectivity index (χ0) is 8.06. The topological polar surface area (TPSA) is 29.5 Å². The molecule has 0 aromatic rings. The van der Waals surface area contributed by atoms with Crippen molar-refractivity contribution in [3.63, 3.8) is 0 Å². The molecule has 1 heterocycles. The molecule has 11 heavy (non-hydrogen) atoms. The van der Waals surface area contributed by atoms with E-state index in [1.165, 1.54) is 0 Å². The van der Waals surface area contributed by atoms with Crippen LogP contribution in [0.1, 0.15) is 19.3 Å². The molecule has 1 aliphatic heterocycles. The largest absolute Gasteiger partial charge is 0.387 e. The fourth-order valence-electron chi connectivity index (χ4n) is 2.24. The van der Waals surface area contributed by atoms with Crippen LogP contribution >= 0.6 is 22.6 Å². The van der Waals surface area contributed by atoms with Gasteiger partial charge in [-0.3, -0.25) is 0 Å². The third-order valence-corrected chi connectivity index (χ3v) is 4.01. The summed E-state index contributed by atoms with van der Waals surface area (Å²) in [6.45, 7) is 0. The minimum absolute atomic E-state index is 0.109. The molecule has 1 aliphatic carbocycles. The predicted molar refractivity (Wildman–Crippen MR) is 53.8 cm³/mol. The van der Waals surface area contributed by atoms with E-state index in [9.17, 15) is 5.11 Å². The molecular formula is C7H12BIO2. The maximum atomic E-state index is 10.0. The van der Waals surface area contributed by atoms with Crippen molar-refractivity contribution in [1.82, 2.24) is 0 Å². The average molecular weight is 266 g/mol. The highest BCUT2D eigenvalue weighted by Crippen LogP contribution is 2.44. The molecule has 2 rings (SSSR count). The Bertz CT molecular complexity index is 178. The fraction of sp³-hybridized carbons (Fsp3) is 1.00. The van der Waals surface area contributed by atoms with E-state index in [0.29, 0.717) is 3.92 Å². The Kier molecular flexibility index (Phi) is 1.97. The summed E-state index contributed by atoms with van der Waals surface area (Å²) in [6, 6.07) is 0.252. The first kappa shape index (κ1) is 8.32. The molecule has 0 bridgehead atoms. The second-order valence-electron chi connectivity index (χ2n) is 3.73. The molecule has 4 atom stereocenters. The Morgan fingerprint density at radius 3 is 3.00 bits per heavy atom. The summed E-state index contributed by atoms with van der Waals surface area (Å²) < 4.78 is 6.16. The van der Waals surface area contributed by atoms with E-state index in [1.54, 1.807) is 0 Å². The SMILES string of the molecule is BC1CC2(O)CCC(I)C2O1. The van der Waals surface area contributed by atoms with E-state index in [1.807, 2.05) is 7.85 Å². The van der Waals surface area contributed by atoms with E-state index >= 15 is 0 Å². The van der Waals surface area contributed by atoms with Gasteiger partial charge in [0.1, 0.15) is 7.85 Å². The van der Waals surface area contributed by atoms with Gasteiger partial charge in [-0.25, -0.2) is 0 Å². The van der Waals surface area contributed by atoms with Crippen molar-refractivity contribution in [2.24, 2.45) is 0 Å². The van der Waals surface area contributed by atoms with Crippen molar-refractivity contribution in [2.45, 2.75) is 40.9 Å². The first-order chi connectivity index (χ1) is 5.12. The summed E-state index contributed by atoms with van der Waals surface area (Å²) in [5.41, 5.74) is -0.481. The van der Waals surface area contributed by atoms with Crippen LogP contribution in [0, 0.1) is 0 Å². The van der Waals surface area contributed by atoms with Gasteiger partial charge in [0, 0.05) is 9.93 Å². The van der Waals surface area contributed by atoms with Gasteiger partial charge in [0.05, 0.1) is 11.7 Å². The molecule has 2 nitrogen and oxygen atoms in total. The van der Waals surface area contributed by atoms with Crippen molar-refractivity contribution in [3.05, 3.63) is 0 Å². The van der Waals surface area contributed by atoms with Gasteiger partial charge in [-0.15, -0.1) is 0 Å². The van der Waals surface area contributed by atoms with E-state index in [-0.39, 0.29) is 12.1 Å². The van der Waals surface area contributed by atoms with Gasteiger partial charge in [-0.1, -0.05) is 22.6 Å². The maximum Gasteiger partial charge on any atom is 0.139 e. The van der Waals surface area contributed by atoms with Crippen LogP contribution in [0.15, 0.2) is 0 Å². The van der Waals surface area contributed by atoms with Gasteiger partial charge in [0.2, 0.25) is 0 Å². The Balaban J connectivity index is 2.18. The number of aliphatic hydroxyl groups is 1. The summed E-state index contributed by atoms with van der Waals surface area (Å²) >= 11 is 2.38. The molecule has 0 spiro atoms. The van der Waals surface area contributed by atoms with E-state index in [4.69, 9.17) is 4.74 Å². The quantitative estimate of drug-likeness (QED) is 0.382. The molecule has 0 aromatic carbocycles. The fourth-order valence-corrected chi connectivity index (χ4v) is 3.39. The number of hydrogen-bond acceptors (Lipinski definition) is 2. The highest BCUT2D eigenvalue weighted by Gasteiger charge is 2.52. The lowest BCUT2D eigenvalue weighted by molar-refractivity contribution is -0.0138. The molecule has 1 N–H and O–H groups in total. The molecule has 1 saturated carbocycles. The molecule has 0 radical (unpaired) electrons. The first-order valence-corrected chi connectivity index (χ1v) is 5.38. The van der Waals surface area contributed by atoms with Gasteiger partial charge in [0.15, 0.2) is 0 Å². The molecule has 4 heteroatoms. The number of rotatable bonds is 0. The molecule has 2 fully saturated rings. The number of halogens is 1. The standard InChI is InChI=1S/C7H12BIO2/c8-5-3-7(10)2-1-4(9)6(7)11-5/h4-6,10H,1-3,8H2. The molecule has 4 unspecified atom stereocenters. The van der Waals surface area contributed by atoms with Crippen LogP contribution in [0.3, 0.4) is 0 Å². The first-order valence-electron chi connectivity index (χ1n) is 4.14. The summed E-state index contributed by atoms with van der Waals surface area (Å²) in [4.78, 5) is 0. The zero-order valence-electron chi connectivity index (χ0n) is 6.59. The van der Waals surface area contributed by atoms with Crippen LogP contribution in [0.4, 0.5) is 0 Å². The Morgan fingerprint density at radius 1 is 1.64 bits per heavy atom. The lowest BCUT2D eigenvalue weighted by Gasteiger charge is -2.20. The smallest absolute Gasteiger partial charge is 0.139 e.